The molecule has 0 radical (unpaired) electrons. The summed E-state index contributed by atoms with van der Waals surface area (Å²) in [5.74, 6) is 0.476. The SMILES string of the molecule is CC1(C)CCC(NC2CCc3c(O)cccc32)C1. The van der Waals surface area contributed by atoms with Crippen LogP contribution in [-0.2, 0) is 6.42 Å². The summed E-state index contributed by atoms with van der Waals surface area (Å²) in [7, 11) is 0. The number of nitrogens with one attached hydrogen (secondary N) is 1. The Morgan fingerprint density at radius 3 is 2.83 bits per heavy atom. The molecule has 1 fully saturated rings. The van der Waals surface area contributed by atoms with E-state index in [1.54, 1.807) is 6.07 Å². The van der Waals surface area contributed by atoms with Gasteiger partial charge < -0.3 is 10.4 Å². The highest BCUT2D eigenvalue weighted by Gasteiger charge is 2.33. The van der Waals surface area contributed by atoms with E-state index in [1.807, 2.05) is 6.07 Å². The van der Waals surface area contributed by atoms with Crippen molar-refractivity contribution >= 4 is 0 Å². The second kappa shape index (κ2) is 4.27. The summed E-state index contributed by atoms with van der Waals surface area (Å²) >= 11 is 0. The summed E-state index contributed by atoms with van der Waals surface area (Å²) in [4.78, 5) is 0. The summed E-state index contributed by atoms with van der Waals surface area (Å²) in [6.07, 6.45) is 6.03. The predicted molar refractivity (Wildman–Crippen MR) is 73.7 cm³/mol. The first-order chi connectivity index (χ1) is 8.55. The number of hydrogen-bond acceptors (Lipinski definition) is 2. The molecule has 18 heavy (non-hydrogen) atoms. The lowest BCUT2D eigenvalue weighted by molar-refractivity contribution is 0.352. The van der Waals surface area contributed by atoms with Crippen molar-refractivity contribution in [2.75, 3.05) is 0 Å². The highest BCUT2D eigenvalue weighted by Crippen LogP contribution is 2.41. The second-order valence-corrected chi connectivity index (χ2v) is 6.71. The van der Waals surface area contributed by atoms with Crippen LogP contribution in [0.15, 0.2) is 18.2 Å². The third-order valence-corrected chi connectivity index (χ3v) is 4.65. The molecule has 1 saturated carbocycles. The van der Waals surface area contributed by atoms with Crippen molar-refractivity contribution in [2.45, 2.75) is 58.0 Å². The standard InChI is InChI=1S/C16H23NO/c1-16(2)9-8-11(10-16)17-14-7-6-13-12(14)4-3-5-15(13)18/h3-5,11,14,17-18H,6-10H2,1-2H3. The zero-order valence-electron chi connectivity index (χ0n) is 11.4. The van der Waals surface area contributed by atoms with Gasteiger partial charge in [-0.2, -0.15) is 0 Å². The van der Waals surface area contributed by atoms with Gasteiger partial charge in [0, 0.05) is 12.1 Å². The molecule has 0 spiro atoms. The molecule has 2 N–H and O–H groups in total. The molecule has 0 aromatic heterocycles. The average Bonchev–Trinajstić information content (AvgIpc) is 2.85. The van der Waals surface area contributed by atoms with E-state index < -0.39 is 0 Å². The molecule has 2 aliphatic carbocycles. The van der Waals surface area contributed by atoms with Gasteiger partial charge in [-0.05, 0) is 54.7 Å². The van der Waals surface area contributed by atoms with Crippen LogP contribution in [-0.4, -0.2) is 11.1 Å². The molecule has 2 heteroatoms. The highest BCUT2D eigenvalue weighted by molar-refractivity contribution is 5.44. The summed E-state index contributed by atoms with van der Waals surface area (Å²) in [5.41, 5.74) is 2.98. The molecule has 2 nitrogen and oxygen atoms in total. The van der Waals surface area contributed by atoms with Gasteiger partial charge in [0.05, 0.1) is 0 Å². The largest absolute Gasteiger partial charge is 0.508 e. The fourth-order valence-electron chi connectivity index (χ4n) is 3.67. The summed E-state index contributed by atoms with van der Waals surface area (Å²) in [6.45, 7) is 4.73. The van der Waals surface area contributed by atoms with E-state index in [1.165, 1.54) is 24.8 Å². The summed E-state index contributed by atoms with van der Waals surface area (Å²) in [6, 6.07) is 7.04. The molecule has 1 aromatic rings. The minimum Gasteiger partial charge on any atom is -0.508 e. The van der Waals surface area contributed by atoms with E-state index in [-0.39, 0.29) is 0 Å². The molecule has 2 aliphatic rings. The number of rotatable bonds is 2. The molecule has 0 saturated heterocycles. The lowest BCUT2D eigenvalue weighted by atomic mass is 9.91. The zero-order chi connectivity index (χ0) is 12.8. The Bertz CT molecular complexity index is 452. The van der Waals surface area contributed by atoms with Crippen molar-refractivity contribution in [2.24, 2.45) is 5.41 Å². The van der Waals surface area contributed by atoms with Gasteiger partial charge >= 0.3 is 0 Å². The topological polar surface area (TPSA) is 32.3 Å². The van der Waals surface area contributed by atoms with Crippen molar-refractivity contribution in [3.8, 4) is 5.75 Å². The summed E-state index contributed by atoms with van der Waals surface area (Å²) < 4.78 is 0. The molecule has 0 amide bonds. The van der Waals surface area contributed by atoms with E-state index in [0.717, 1.165) is 18.4 Å². The molecule has 2 unspecified atom stereocenters. The Labute approximate surface area is 109 Å². The fraction of sp³-hybridized carbons (Fsp3) is 0.625. The molecule has 2 atom stereocenters. The Morgan fingerprint density at radius 2 is 2.11 bits per heavy atom. The first kappa shape index (κ1) is 12.0. The average molecular weight is 245 g/mol. The fourth-order valence-corrected chi connectivity index (χ4v) is 3.67. The molecular weight excluding hydrogens is 222 g/mol. The van der Waals surface area contributed by atoms with E-state index in [4.69, 9.17) is 0 Å². The number of aromatic hydroxyl groups is 1. The third kappa shape index (κ3) is 2.14. The number of phenols is 1. The number of hydrogen-bond donors (Lipinski definition) is 2. The predicted octanol–water partition coefficient (Wildman–Crippen LogP) is 3.55. The van der Waals surface area contributed by atoms with Gasteiger partial charge in [-0.3, -0.25) is 0 Å². The molecule has 0 heterocycles. The molecular formula is C16H23NO. The van der Waals surface area contributed by atoms with Gasteiger partial charge in [0.1, 0.15) is 5.75 Å². The zero-order valence-corrected chi connectivity index (χ0v) is 11.4. The van der Waals surface area contributed by atoms with Crippen molar-refractivity contribution in [3.63, 3.8) is 0 Å². The van der Waals surface area contributed by atoms with Crippen molar-refractivity contribution in [1.82, 2.24) is 5.32 Å². The lowest BCUT2D eigenvalue weighted by Gasteiger charge is -2.22. The van der Waals surface area contributed by atoms with Crippen LogP contribution in [0.25, 0.3) is 0 Å². The third-order valence-electron chi connectivity index (χ3n) is 4.65. The molecule has 0 bridgehead atoms. The highest BCUT2D eigenvalue weighted by atomic mass is 16.3. The molecule has 0 aliphatic heterocycles. The first-order valence-electron chi connectivity index (χ1n) is 7.12. The molecule has 3 rings (SSSR count). The second-order valence-electron chi connectivity index (χ2n) is 6.71. The monoisotopic (exact) mass is 245 g/mol. The van der Waals surface area contributed by atoms with Crippen molar-refractivity contribution in [3.05, 3.63) is 29.3 Å². The van der Waals surface area contributed by atoms with Gasteiger partial charge in [0.15, 0.2) is 0 Å². The maximum atomic E-state index is 9.87. The maximum absolute atomic E-state index is 9.87. The Morgan fingerprint density at radius 1 is 1.28 bits per heavy atom. The van der Waals surface area contributed by atoms with E-state index >= 15 is 0 Å². The Hall–Kier alpha value is -1.02. The quantitative estimate of drug-likeness (QED) is 0.835. The van der Waals surface area contributed by atoms with Gasteiger partial charge in [0.25, 0.3) is 0 Å². The first-order valence-corrected chi connectivity index (χ1v) is 7.12. The molecule has 1 aromatic carbocycles. The van der Waals surface area contributed by atoms with Crippen LogP contribution < -0.4 is 5.32 Å². The van der Waals surface area contributed by atoms with Crippen LogP contribution in [0.2, 0.25) is 0 Å². The van der Waals surface area contributed by atoms with Crippen LogP contribution in [0.4, 0.5) is 0 Å². The maximum Gasteiger partial charge on any atom is 0.119 e. The van der Waals surface area contributed by atoms with Gasteiger partial charge in [0.2, 0.25) is 0 Å². The number of fused-ring (bicyclic) bond motifs is 1. The van der Waals surface area contributed by atoms with E-state index in [9.17, 15) is 5.11 Å². The number of benzene rings is 1. The van der Waals surface area contributed by atoms with Gasteiger partial charge in [-0.1, -0.05) is 26.0 Å². The van der Waals surface area contributed by atoms with E-state index in [2.05, 4.69) is 25.2 Å². The van der Waals surface area contributed by atoms with E-state index in [0.29, 0.717) is 23.2 Å². The lowest BCUT2D eigenvalue weighted by Crippen LogP contribution is -2.30. The van der Waals surface area contributed by atoms with Gasteiger partial charge in [-0.15, -0.1) is 0 Å². The summed E-state index contributed by atoms with van der Waals surface area (Å²) in [5, 5.41) is 13.7. The van der Waals surface area contributed by atoms with Crippen LogP contribution in [0.3, 0.4) is 0 Å². The van der Waals surface area contributed by atoms with Gasteiger partial charge in [-0.25, -0.2) is 0 Å². The normalized spacial score (nSPS) is 29.4. The van der Waals surface area contributed by atoms with Crippen LogP contribution in [0.1, 0.15) is 56.7 Å². The van der Waals surface area contributed by atoms with Crippen molar-refractivity contribution in [1.29, 1.82) is 0 Å². The Kier molecular flexibility index (Phi) is 2.86. The minimum atomic E-state index is 0.450. The van der Waals surface area contributed by atoms with Crippen LogP contribution in [0.5, 0.6) is 5.75 Å². The Balaban J connectivity index is 1.72. The number of phenolic OH excluding ortho intramolecular Hbond substituents is 1. The molecule has 98 valence electrons. The van der Waals surface area contributed by atoms with Crippen LogP contribution >= 0.6 is 0 Å². The van der Waals surface area contributed by atoms with Crippen LogP contribution in [0, 0.1) is 5.41 Å². The smallest absolute Gasteiger partial charge is 0.119 e. The van der Waals surface area contributed by atoms with Crippen molar-refractivity contribution < 1.29 is 5.11 Å². The minimum absolute atomic E-state index is 0.450.